The maximum atomic E-state index is 12.5. The summed E-state index contributed by atoms with van der Waals surface area (Å²) in [5.41, 5.74) is 3.70. The van der Waals surface area contributed by atoms with Crippen molar-refractivity contribution < 1.29 is 19.6 Å². The van der Waals surface area contributed by atoms with Crippen LogP contribution in [0.1, 0.15) is 36.1 Å². The van der Waals surface area contributed by atoms with Gasteiger partial charge in [-0.1, -0.05) is 54.1 Å². The molecule has 1 atom stereocenters. The monoisotopic (exact) mass is 476 g/mol. The van der Waals surface area contributed by atoms with Crippen molar-refractivity contribution in [3.8, 4) is 6.07 Å². The Bertz CT molecular complexity index is 1060. The highest BCUT2D eigenvalue weighted by Gasteiger charge is 2.25. The van der Waals surface area contributed by atoms with Crippen LogP contribution in [0.3, 0.4) is 0 Å². The van der Waals surface area contributed by atoms with Gasteiger partial charge in [0.05, 0.1) is 5.94 Å². The summed E-state index contributed by atoms with van der Waals surface area (Å²) in [6, 6.07) is 16.5. The number of amides is 3. The number of nitrogens with one attached hydrogen (secondary N) is 2. The predicted molar refractivity (Wildman–Crippen MR) is 137 cm³/mol. The Balaban J connectivity index is 1.94. The van der Waals surface area contributed by atoms with E-state index in [1.807, 2.05) is 75.4 Å². The van der Waals surface area contributed by atoms with Crippen molar-refractivity contribution in [2.24, 2.45) is 0 Å². The molecule has 0 aliphatic heterocycles. The molecule has 0 aromatic heterocycles. The number of urea groups is 1. The SMILES string of the molecule is CCN(CC)C(=O)C(C#N)=Cc1cccc(CCNC(=O)NC(Cc2ccc(C)cc2)B(O)O)c1. The smallest absolute Gasteiger partial charge is 0.426 e. The molecule has 0 spiro atoms. The predicted octanol–water partition coefficient (Wildman–Crippen LogP) is 2.24. The molecule has 1 unspecified atom stereocenters. The lowest BCUT2D eigenvalue weighted by Crippen LogP contribution is -2.51. The van der Waals surface area contributed by atoms with Crippen LogP contribution in [0.5, 0.6) is 0 Å². The highest BCUT2D eigenvalue weighted by atomic mass is 16.4. The number of benzene rings is 2. The summed E-state index contributed by atoms with van der Waals surface area (Å²) in [6.45, 7) is 7.08. The summed E-state index contributed by atoms with van der Waals surface area (Å²) in [5, 5.41) is 34.1. The Morgan fingerprint density at radius 1 is 1.11 bits per heavy atom. The molecule has 8 nitrogen and oxygen atoms in total. The van der Waals surface area contributed by atoms with Gasteiger partial charge in [-0.25, -0.2) is 4.79 Å². The molecule has 0 fully saturated rings. The molecule has 2 rings (SSSR count). The van der Waals surface area contributed by atoms with E-state index in [1.54, 1.807) is 11.0 Å². The van der Waals surface area contributed by atoms with Crippen LogP contribution in [0, 0.1) is 18.3 Å². The van der Waals surface area contributed by atoms with Crippen LogP contribution in [0.15, 0.2) is 54.1 Å². The third kappa shape index (κ3) is 8.93. The molecule has 2 aromatic rings. The topological polar surface area (TPSA) is 126 Å². The highest BCUT2D eigenvalue weighted by Crippen LogP contribution is 2.12. The summed E-state index contributed by atoms with van der Waals surface area (Å²) < 4.78 is 0. The molecule has 0 heterocycles. The van der Waals surface area contributed by atoms with Gasteiger partial charge >= 0.3 is 13.1 Å². The molecule has 9 heteroatoms. The minimum Gasteiger partial charge on any atom is -0.426 e. The second kappa shape index (κ2) is 13.9. The third-order valence-corrected chi connectivity index (χ3v) is 5.62. The first kappa shape index (κ1) is 27.6. The molecule has 0 bridgehead atoms. The quantitative estimate of drug-likeness (QED) is 0.225. The van der Waals surface area contributed by atoms with Gasteiger partial charge in [0.2, 0.25) is 0 Å². The molecule has 0 radical (unpaired) electrons. The van der Waals surface area contributed by atoms with E-state index in [0.29, 0.717) is 26.1 Å². The normalized spacial score (nSPS) is 11.8. The standard InChI is InChI=1S/C26H33BN4O4/c1-4-31(5-2)25(32)23(18-28)16-22-8-6-7-20(15-22)13-14-29-26(33)30-24(27(34)35)17-21-11-9-19(3)10-12-21/h6-12,15-16,24,34-35H,4-5,13-14,17H2,1-3H3,(H2,29,30,33). The van der Waals surface area contributed by atoms with E-state index >= 15 is 0 Å². The summed E-state index contributed by atoms with van der Waals surface area (Å²) >= 11 is 0. The molecule has 0 aliphatic carbocycles. The molecule has 35 heavy (non-hydrogen) atoms. The number of carbonyl (C=O) groups is 2. The lowest BCUT2D eigenvalue weighted by molar-refractivity contribution is -0.126. The number of hydrogen-bond acceptors (Lipinski definition) is 5. The van der Waals surface area contributed by atoms with E-state index in [1.165, 1.54) is 0 Å². The minimum atomic E-state index is -1.70. The fourth-order valence-electron chi connectivity index (χ4n) is 3.58. The van der Waals surface area contributed by atoms with Gasteiger partial charge in [0.1, 0.15) is 11.6 Å². The van der Waals surface area contributed by atoms with Crippen LogP contribution in [-0.2, 0) is 17.6 Å². The van der Waals surface area contributed by atoms with Crippen molar-refractivity contribution in [2.45, 2.75) is 39.6 Å². The van der Waals surface area contributed by atoms with Crippen LogP contribution < -0.4 is 10.6 Å². The summed E-state index contributed by atoms with van der Waals surface area (Å²) in [5.74, 6) is -1.15. The molecule has 0 aliphatic rings. The van der Waals surface area contributed by atoms with Gasteiger partial charge in [-0.15, -0.1) is 0 Å². The van der Waals surface area contributed by atoms with Gasteiger partial charge in [-0.05, 0) is 56.4 Å². The zero-order chi connectivity index (χ0) is 25.8. The van der Waals surface area contributed by atoms with Crippen molar-refractivity contribution in [1.29, 1.82) is 5.26 Å². The first-order valence-electron chi connectivity index (χ1n) is 11.7. The van der Waals surface area contributed by atoms with E-state index < -0.39 is 19.1 Å². The molecule has 0 saturated heterocycles. The molecule has 3 amide bonds. The van der Waals surface area contributed by atoms with Crippen molar-refractivity contribution in [3.05, 3.63) is 76.4 Å². The van der Waals surface area contributed by atoms with Crippen molar-refractivity contribution in [1.82, 2.24) is 15.5 Å². The molecule has 184 valence electrons. The van der Waals surface area contributed by atoms with Gasteiger partial charge in [-0.2, -0.15) is 5.26 Å². The van der Waals surface area contributed by atoms with E-state index in [4.69, 9.17) is 0 Å². The van der Waals surface area contributed by atoms with Gasteiger partial charge in [-0.3, -0.25) is 4.79 Å². The van der Waals surface area contributed by atoms with Gasteiger partial charge in [0.15, 0.2) is 0 Å². The maximum Gasteiger partial charge on any atom is 0.475 e. The van der Waals surface area contributed by atoms with Crippen LogP contribution in [0.25, 0.3) is 6.08 Å². The Hall–Kier alpha value is -3.61. The Morgan fingerprint density at radius 2 is 1.80 bits per heavy atom. The Kier molecular flexibility index (Phi) is 11.0. The molecular weight excluding hydrogens is 443 g/mol. The lowest BCUT2D eigenvalue weighted by Gasteiger charge is -2.18. The van der Waals surface area contributed by atoms with E-state index in [2.05, 4.69) is 10.6 Å². The number of rotatable bonds is 11. The average molecular weight is 476 g/mol. The summed E-state index contributed by atoms with van der Waals surface area (Å²) in [6.07, 6.45) is 2.38. The number of aryl methyl sites for hydroxylation is 1. The summed E-state index contributed by atoms with van der Waals surface area (Å²) in [7, 11) is -1.70. The van der Waals surface area contributed by atoms with Crippen molar-refractivity contribution in [3.63, 3.8) is 0 Å². The Morgan fingerprint density at radius 3 is 2.40 bits per heavy atom. The largest absolute Gasteiger partial charge is 0.475 e. The molecule has 2 aromatic carbocycles. The zero-order valence-corrected chi connectivity index (χ0v) is 20.5. The highest BCUT2D eigenvalue weighted by molar-refractivity contribution is 6.43. The molecular formula is C26H33BN4O4. The van der Waals surface area contributed by atoms with Crippen LogP contribution in [0.2, 0.25) is 0 Å². The van der Waals surface area contributed by atoms with Crippen LogP contribution in [0.4, 0.5) is 4.79 Å². The van der Waals surface area contributed by atoms with Gasteiger partial charge in [0, 0.05) is 19.6 Å². The van der Waals surface area contributed by atoms with Crippen LogP contribution in [-0.4, -0.2) is 59.6 Å². The number of nitrogens with zero attached hydrogens (tertiary/aromatic N) is 2. The second-order valence-corrected chi connectivity index (χ2v) is 8.25. The molecule has 4 N–H and O–H groups in total. The average Bonchev–Trinajstić information content (AvgIpc) is 2.84. The lowest BCUT2D eigenvalue weighted by atomic mass is 9.76. The molecule has 0 saturated carbocycles. The van der Waals surface area contributed by atoms with Crippen LogP contribution >= 0.6 is 0 Å². The Labute approximate surface area is 207 Å². The third-order valence-electron chi connectivity index (χ3n) is 5.62. The van der Waals surface area contributed by atoms with Crippen molar-refractivity contribution in [2.75, 3.05) is 19.6 Å². The number of nitriles is 1. The van der Waals surface area contributed by atoms with E-state index in [0.717, 1.165) is 22.3 Å². The number of hydrogen-bond donors (Lipinski definition) is 4. The van der Waals surface area contributed by atoms with Crippen molar-refractivity contribution >= 4 is 25.1 Å². The number of likely N-dealkylation sites (N-methyl/N-ethyl adjacent to an activating group) is 1. The first-order valence-corrected chi connectivity index (χ1v) is 11.7. The summed E-state index contributed by atoms with van der Waals surface area (Å²) in [4.78, 5) is 26.4. The zero-order valence-electron chi connectivity index (χ0n) is 20.5. The van der Waals surface area contributed by atoms with Gasteiger partial charge in [0.25, 0.3) is 5.91 Å². The first-order chi connectivity index (χ1) is 16.8. The van der Waals surface area contributed by atoms with E-state index in [9.17, 15) is 24.9 Å². The van der Waals surface area contributed by atoms with Gasteiger partial charge < -0.3 is 25.6 Å². The maximum absolute atomic E-state index is 12.5. The fraction of sp³-hybridized carbons (Fsp3) is 0.346. The van der Waals surface area contributed by atoms with E-state index in [-0.39, 0.29) is 17.9 Å². The fourth-order valence-corrected chi connectivity index (χ4v) is 3.58. The minimum absolute atomic E-state index is 0.0746. The number of carbonyl (C=O) groups excluding carboxylic acids is 2. The second-order valence-electron chi connectivity index (χ2n) is 8.25.